The van der Waals surface area contributed by atoms with Crippen LogP contribution in [0.15, 0.2) is 48.1 Å². The lowest BCUT2D eigenvalue weighted by Crippen LogP contribution is -2.18. The topological polar surface area (TPSA) is 12.0 Å². The molecular weight excluding hydrogens is 206 g/mol. The molecule has 0 aromatic rings. The van der Waals surface area contributed by atoms with Crippen molar-refractivity contribution in [3.63, 3.8) is 0 Å². The molecule has 0 unspecified atom stereocenters. The fraction of sp³-hybridized carbons (Fsp3) is 0.500. The van der Waals surface area contributed by atoms with E-state index in [1.54, 1.807) is 0 Å². The van der Waals surface area contributed by atoms with Crippen molar-refractivity contribution in [3.8, 4) is 0 Å². The van der Waals surface area contributed by atoms with Crippen LogP contribution in [0.4, 0.5) is 0 Å². The number of nitrogens with one attached hydrogen (secondary N) is 1. The lowest BCUT2D eigenvalue weighted by atomic mass is 10.1. The summed E-state index contributed by atoms with van der Waals surface area (Å²) in [7, 11) is 0. The average molecular weight is 233 g/mol. The zero-order valence-corrected chi connectivity index (χ0v) is 11.6. The predicted octanol–water partition coefficient (Wildman–Crippen LogP) is 4.40. The summed E-state index contributed by atoms with van der Waals surface area (Å²) in [6.07, 6.45) is 13.8. The molecule has 0 aliphatic carbocycles. The second-order valence-corrected chi connectivity index (χ2v) is 4.08. The number of allylic oxidation sites excluding steroid dienone is 5. The number of hydrogen-bond acceptors (Lipinski definition) is 1. The van der Waals surface area contributed by atoms with Gasteiger partial charge in [-0.3, -0.25) is 0 Å². The monoisotopic (exact) mass is 233 g/mol. The number of rotatable bonds is 9. The number of hydrogen-bond donors (Lipinski definition) is 1. The van der Waals surface area contributed by atoms with E-state index in [0.717, 1.165) is 19.5 Å². The van der Waals surface area contributed by atoms with Gasteiger partial charge in [0, 0.05) is 6.54 Å². The molecule has 96 valence electrons. The first-order chi connectivity index (χ1) is 8.28. The maximum absolute atomic E-state index is 3.68. The Morgan fingerprint density at radius 1 is 1.18 bits per heavy atom. The first-order valence-corrected chi connectivity index (χ1v) is 6.57. The minimum Gasteiger partial charge on any atom is -0.313 e. The van der Waals surface area contributed by atoms with Crippen molar-refractivity contribution >= 4 is 0 Å². The van der Waals surface area contributed by atoms with Gasteiger partial charge in [0.2, 0.25) is 0 Å². The highest BCUT2D eigenvalue weighted by Gasteiger charge is 1.95. The second-order valence-electron chi connectivity index (χ2n) is 4.08. The summed E-state index contributed by atoms with van der Waals surface area (Å²) in [5.74, 6) is 0. The molecule has 0 aliphatic rings. The van der Waals surface area contributed by atoms with E-state index in [4.69, 9.17) is 0 Å². The van der Waals surface area contributed by atoms with Crippen molar-refractivity contribution in [1.82, 2.24) is 5.32 Å². The summed E-state index contributed by atoms with van der Waals surface area (Å²) in [6.45, 7) is 12.2. The molecule has 1 heteroatoms. The molecule has 17 heavy (non-hydrogen) atoms. The Hall–Kier alpha value is -1.08. The predicted molar refractivity (Wildman–Crippen MR) is 79.2 cm³/mol. The van der Waals surface area contributed by atoms with Crippen LogP contribution in [-0.2, 0) is 0 Å². The SMILES string of the molecule is C=C/C=C\C(=C/C)CCNC/C(=C/C)CCC. The van der Waals surface area contributed by atoms with Gasteiger partial charge in [-0.2, -0.15) is 0 Å². The van der Waals surface area contributed by atoms with Crippen LogP contribution in [0.5, 0.6) is 0 Å². The normalized spacial score (nSPS) is 13.4. The van der Waals surface area contributed by atoms with Crippen LogP contribution < -0.4 is 5.32 Å². The molecule has 0 rings (SSSR count). The summed E-state index contributed by atoms with van der Waals surface area (Å²) in [6, 6.07) is 0. The van der Waals surface area contributed by atoms with E-state index in [-0.39, 0.29) is 0 Å². The molecule has 0 amide bonds. The zero-order chi connectivity index (χ0) is 12.9. The van der Waals surface area contributed by atoms with E-state index in [1.807, 2.05) is 12.2 Å². The molecule has 0 aromatic carbocycles. The molecule has 0 heterocycles. The summed E-state index contributed by atoms with van der Waals surface area (Å²) in [5.41, 5.74) is 2.87. The molecule has 0 fully saturated rings. The Kier molecular flexibility index (Phi) is 10.7. The molecule has 0 saturated heterocycles. The molecule has 0 aromatic heterocycles. The fourth-order valence-corrected chi connectivity index (χ4v) is 1.65. The van der Waals surface area contributed by atoms with Gasteiger partial charge < -0.3 is 5.32 Å². The van der Waals surface area contributed by atoms with E-state index in [0.29, 0.717) is 0 Å². The van der Waals surface area contributed by atoms with E-state index in [2.05, 4.69) is 50.9 Å². The molecule has 0 atom stereocenters. The van der Waals surface area contributed by atoms with Crippen LogP contribution in [0.25, 0.3) is 0 Å². The summed E-state index contributed by atoms with van der Waals surface area (Å²) in [4.78, 5) is 0. The quantitative estimate of drug-likeness (QED) is 0.353. The van der Waals surface area contributed by atoms with E-state index < -0.39 is 0 Å². The molecule has 1 nitrogen and oxygen atoms in total. The van der Waals surface area contributed by atoms with Crippen molar-refractivity contribution in [2.24, 2.45) is 0 Å². The standard InChI is InChI=1S/C16H27N/c1-5-9-11-15(7-3)12-13-17-14-16(8-4)10-6-2/h5,7-9,11,17H,1,6,10,12-14H2,2-4H3/b11-9-,15-7+,16-8+. The average Bonchev–Trinajstić information content (AvgIpc) is 2.36. The van der Waals surface area contributed by atoms with Crippen molar-refractivity contribution in [2.45, 2.75) is 40.0 Å². The third-order valence-corrected chi connectivity index (χ3v) is 2.74. The third-order valence-electron chi connectivity index (χ3n) is 2.74. The zero-order valence-electron chi connectivity index (χ0n) is 11.6. The highest BCUT2D eigenvalue weighted by atomic mass is 14.8. The second kappa shape index (κ2) is 11.4. The largest absolute Gasteiger partial charge is 0.313 e. The minimum absolute atomic E-state index is 1.02. The maximum Gasteiger partial charge on any atom is 0.0164 e. The summed E-state index contributed by atoms with van der Waals surface area (Å²) < 4.78 is 0. The van der Waals surface area contributed by atoms with Crippen molar-refractivity contribution in [1.29, 1.82) is 0 Å². The third kappa shape index (κ3) is 8.70. The molecular formula is C16H27N. The summed E-state index contributed by atoms with van der Waals surface area (Å²) in [5, 5.41) is 3.49. The van der Waals surface area contributed by atoms with Crippen molar-refractivity contribution in [3.05, 3.63) is 48.1 Å². The Balaban J connectivity index is 3.83. The lowest BCUT2D eigenvalue weighted by Gasteiger charge is -2.08. The van der Waals surface area contributed by atoms with Gasteiger partial charge in [0.25, 0.3) is 0 Å². The molecule has 1 N–H and O–H groups in total. The Morgan fingerprint density at radius 2 is 1.94 bits per heavy atom. The van der Waals surface area contributed by atoms with Crippen LogP contribution >= 0.6 is 0 Å². The summed E-state index contributed by atoms with van der Waals surface area (Å²) >= 11 is 0. The smallest absolute Gasteiger partial charge is 0.0164 e. The highest BCUT2D eigenvalue weighted by Crippen LogP contribution is 2.04. The fourth-order valence-electron chi connectivity index (χ4n) is 1.65. The molecule has 0 bridgehead atoms. The lowest BCUT2D eigenvalue weighted by molar-refractivity contribution is 0.704. The first kappa shape index (κ1) is 15.9. The Bertz CT molecular complexity index is 282. The van der Waals surface area contributed by atoms with Crippen LogP contribution in [-0.4, -0.2) is 13.1 Å². The Morgan fingerprint density at radius 3 is 2.47 bits per heavy atom. The molecule has 0 saturated carbocycles. The Labute approximate surface area is 107 Å². The molecule has 0 aliphatic heterocycles. The van der Waals surface area contributed by atoms with Gasteiger partial charge in [0.1, 0.15) is 0 Å². The van der Waals surface area contributed by atoms with Gasteiger partial charge in [-0.05, 0) is 33.2 Å². The highest BCUT2D eigenvalue weighted by molar-refractivity contribution is 5.21. The van der Waals surface area contributed by atoms with Gasteiger partial charge in [-0.1, -0.05) is 61.4 Å². The van der Waals surface area contributed by atoms with Crippen molar-refractivity contribution in [2.75, 3.05) is 13.1 Å². The van der Waals surface area contributed by atoms with Crippen LogP contribution in [0, 0.1) is 0 Å². The molecule has 0 spiro atoms. The van der Waals surface area contributed by atoms with Crippen LogP contribution in [0.3, 0.4) is 0 Å². The van der Waals surface area contributed by atoms with Crippen LogP contribution in [0.2, 0.25) is 0 Å². The minimum atomic E-state index is 1.02. The van der Waals surface area contributed by atoms with Crippen LogP contribution in [0.1, 0.15) is 40.0 Å². The molecule has 0 radical (unpaired) electrons. The maximum atomic E-state index is 3.68. The van der Waals surface area contributed by atoms with Crippen molar-refractivity contribution < 1.29 is 0 Å². The van der Waals surface area contributed by atoms with E-state index in [1.165, 1.54) is 24.0 Å². The van der Waals surface area contributed by atoms with Gasteiger partial charge in [-0.25, -0.2) is 0 Å². The first-order valence-electron chi connectivity index (χ1n) is 6.57. The van der Waals surface area contributed by atoms with Gasteiger partial charge >= 0.3 is 0 Å². The van der Waals surface area contributed by atoms with Gasteiger partial charge in [0.05, 0.1) is 0 Å². The van der Waals surface area contributed by atoms with Gasteiger partial charge in [0.15, 0.2) is 0 Å². The van der Waals surface area contributed by atoms with E-state index >= 15 is 0 Å². The van der Waals surface area contributed by atoms with E-state index in [9.17, 15) is 0 Å². The van der Waals surface area contributed by atoms with Gasteiger partial charge in [-0.15, -0.1) is 0 Å².